The number of halogens is 1. The molecule has 1 heterocycles. The molecule has 156 valence electrons. The molecule has 4 aromatic rings. The summed E-state index contributed by atoms with van der Waals surface area (Å²) in [6, 6.07) is 23.3. The Bertz CT molecular complexity index is 1160. The highest BCUT2D eigenvalue weighted by Crippen LogP contribution is 2.19. The molecule has 0 spiro atoms. The number of imidazole rings is 1. The first-order chi connectivity index (χ1) is 15.2. The zero-order valence-corrected chi connectivity index (χ0v) is 18.8. The van der Waals surface area contributed by atoms with Gasteiger partial charge in [-0.1, -0.05) is 52.0 Å². The fraction of sp³-hybridized carbons (Fsp3) is 0.0870. The Balaban J connectivity index is 1.21. The van der Waals surface area contributed by atoms with E-state index in [1.54, 1.807) is 6.21 Å². The van der Waals surface area contributed by atoms with E-state index in [-0.39, 0.29) is 11.7 Å². The molecule has 0 bridgehead atoms. The maximum atomic E-state index is 12.0. The van der Waals surface area contributed by atoms with E-state index in [4.69, 9.17) is 4.74 Å². The predicted octanol–water partition coefficient (Wildman–Crippen LogP) is 5.15. The van der Waals surface area contributed by atoms with E-state index < -0.39 is 0 Å². The second-order valence-electron chi connectivity index (χ2n) is 6.63. The molecule has 0 atom stereocenters. The number of amides is 1. The molecule has 1 aromatic heterocycles. The number of hydrazone groups is 1. The first kappa shape index (κ1) is 21.1. The van der Waals surface area contributed by atoms with Gasteiger partial charge in [-0.2, -0.15) is 5.10 Å². The number of nitrogens with one attached hydrogen (secondary N) is 2. The van der Waals surface area contributed by atoms with Gasteiger partial charge < -0.3 is 9.72 Å². The summed E-state index contributed by atoms with van der Waals surface area (Å²) in [6.07, 6.45) is 1.60. The maximum Gasteiger partial charge on any atom is 0.250 e. The number of rotatable bonds is 8. The molecule has 0 fully saturated rings. The molecule has 0 radical (unpaired) electrons. The Labute approximate surface area is 192 Å². The first-order valence-electron chi connectivity index (χ1n) is 9.52. The number of aromatic amines is 1. The number of hydrogen-bond acceptors (Lipinski definition) is 5. The van der Waals surface area contributed by atoms with E-state index in [9.17, 15) is 4.79 Å². The summed E-state index contributed by atoms with van der Waals surface area (Å²) in [5, 5.41) is 4.72. The number of hydrogen-bond donors (Lipinski definition) is 2. The van der Waals surface area contributed by atoms with Gasteiger partial charge in [0.2, 0.25) is 0 Å². The summed E-state index contributed by atoms with van der Waals surface area (Å²) in [7, 11) is 0. The normalized spacial score (nSPS) is 11.1. The lowest BCUT2D eigenvalue weighted by atomic mass is 10.2. The molecule has 4 rings (SSSR count). The van der Waals surface area contributed by atoms with E-state index in [0.717, 1.165) is 32.4 Å². The van der Waals surface area contributed by atoms with Crippen LogP contribution in [0.2, 0.25) is 0 Å². The standard InChI is InChI=1S/C23H19BrN4O2S/c24-18-9-5-17(6-10-18)14-30-19-11-7-16(8-12-19)13-25-28-22(29)15-31-23-26-20-3-1-2-4-21(20)27-23/h1-13H,14-15H2,(H,26,27)(H,28,29)/b25-13-. The molecule has 0 saturated heterocycles. The number of H-pyrrole nitrogens is 1. The summed E-state index contributed by atoms with van der Waals surface area (Å²) in [6.45, 7) is 0.500. The molecule has 31 heavy (non-hydrogen) atoms. The van der Waals surface area contributed by atoms with Crippen LogP contribution in [0.3, 0.4) is 0 Å². The largest absolute Gasteiger partial charge is 0.489 e. The van der Waals surface area contributed by atoms with Gasteiger partial charge in [-0.15, -0.1) is 0 Å². The zero-order chi connectivity index (χ0) is 21.5. The van der Waals surface area contributed by atoms with Gasteiger partial charge in [-0.3, -0.25) is 4.79 Å². The van der Waals surface area contributed by atoms with Crippen LogP contribution < -0.4 is 10.2 Å². The van der Waals surface area contributed by atoms with Gasteiger partial charge in [0.15, 0.2) is 5.16 Å². The van der Waals surface area contributed by atoms with Crippen molar-refractivity contribution in [3.8, 4) is 5.75 Å². The second kappa shape index (κ2) is 10.3. The summed E-state index contributed by atoms with van der Waals surface area (Å²) in [5.74, 6) is 0.794. The van der Waals surface area contributed by atoms with Crippen LogP contribution in [0, 0.1) is 0 Å². The summed E-state index contributed by atoms with van der Waals surface area (Å²) in [4.78, 5) is 19.6. The van der Waals surface area contributed by atoms with Gasteiger partial charge in [-0.05, 0) is 59.7 Å². The average Bonchev–Trinajstić information content (AvgIpc) is 3.21. The molecule has 0 unspecified atom stereocenters. The molecule has 0 aliphatic heterocycles. The van der Waals surface area contributed by atoms with Crippen molar-refractivity contribution in [2.24, 2.45) is 5.10 Å². The molecular formula is C23H19BrN4O2S. The second-order valence-corrected chi connectivity index (χ2v) is 8.50. The molecule has 8 heteroatoms. The highest BCUT2D eigenvalue weighted by atomic mass is 79.9. The number of ether oxygens (including phenoxy) is 1. The smallest absolute Gasteiger partial charge is 0.250 e. The molecular weight excluding hydrogens is 476 g/mol. The molecule has 0 saturated carbocycles. The molecule has 1 amide bonds. The van der Waals surface area contributed by atoms with Crippen LogP contribution in [0.25, 0.3) is 11.0 Å². The summed E-state index contributed by atoms with van der Waals surface area (Å²) in [5.41, 5.74) is 6.32. The van der Waals surface area contributed by atoms with E-state index in [1.165, 1.54) is 11.8 Å². The molecule has 6 nitrogen and oxygen atoms in total. The fourth-order valence-corrected chi connectivity index (χ4v) is 3.68. The van der Waals surface area contributed by atoms with Gasteiger partial charge in [0.05, 0.1) is 23.0 Å². The fourth-order valence-electron chi connectivity index (χ4n) is 2.74. The van der Waals surface area contributed by atoms with Crippen LogP contribution in [-0.4, -0.2) is 27.8 Å². The summed E-state index contributed by atoms with van der Waals surface area (Å²) < 4.78 is 6.83. The van der Waals surface area contributed by atoms with E-state index in [1.807, 2.05) is 72.8 Å². The van der Waals surface area contributed by atoms with E-state index >= 15 is 0 Å². The Morgan fingerprint density at radius 3 is 2.65 bits per heavy atom. The molecule has 0 aliphatic rings. The lowest BCUT2D eigenvalue weighted by Gasteiger charge is -2.06. The SMILES string of the molecule is O=C(CSc1nc2ccccc2[nH]1)N/N=C\c1ccc(OCc2ccc(Br)cc2)cc1. The van der Waals surface area contributed by atoms with Crippen LogP contribution in [0.1, 0.15) is 11.1 Å². The van der Waals surface area contributed by atoms with Crippen LogP contribution in [0.5, 0.6) is 5.75 Å². The lowest BCUT2D eigenvalue weighted by molar-refractivity contribution is -0.118. The Kier molecular flexibility index (Phi) is 7.01. The van der Waals surface area contributed by atoms with Gasteiger partial charge >= 0.3 is 0 Å². The predicted molar refractivity (Wildman–Crippen MR) is 127 cm³/mol. The number of para-hydroxylation sites is 2. The Hall–Kier alpha value is -3.10. The number of thioether (sulfide) groups is 1. The minimum Gasteiger partial charge on any atom is -0.489 e. The van der Waals surface area contributed by atoms with Crippen molar-refractivity contribution >= 4 is 50.8 Å². The van der Waals surface area contributed by atoms with Crippen LogP contribution in [0.4, 0.5) is 0 Å². The number of fused-ring (bicyclic) bond motifs is 1. The van der Waals surface area contributed by atoms with Crippen molar-refractivity contribution in [1.82, 2.24) is 15.4 Å². The van der Waals surface area contributed by atoms with Gasteiger partial charge in [0.25, 0.3) is 5.91 Å². The minimum absolute atomic E-state index is 0.198. The number of benzene rings is 3. The third-order valence-corrected chi connectivity index (χ3v) is 5.71. The van der Waals surface area contributed by atoms with E-state index in [0.29, 0.717) is 11.8 Å². The zero-order valence-electron chi connectivity index (χ0n) is 16.4. The van der Waals surface area contributed by atoms with E-state index in [2.05, 4.69) is 36.4 Å². The number of carbonyl (C=O) groups excluding carboxylic acids is 1. The van der Waals surface area contributed by atoms with Crippen molar-refractivity contribution in [2.45, 2.75) is 11.8 Å². The van der Waals surface area contributed by atoms with Gasteiger partial charge in [0, 0.05) is 4.47 Å². The number of nitrogens with zero attached hydrogens (tertiary/aromatic N) is 2. The Morgan fingerprint density at radius 1 is 1.10 bits per heavy atom. The van der Waals surface area contributed by atoms with Crippen molar-refractivity contribution in [3.63, 3.8) is 0 Å². The van der Waals surface area contributed by atoms with Gasteiger partial charge in [0.1, 0.15) is 12.4 Å². The quantitative estimate of drug-likeness (QED) is 0.201. The highest BCUT2D eigenvalue weighted by molar-refractivity contribution is 9.10. The molecule has 0 aliphatic carbocycles. The van der Waals surface area contributed by atoms with Crippen LogP contribution in [0.15, 0.2) is 87.5 Å². The minimum atomic E-state index is -0.198. The van der Waals surface area contributed by atoms with Crippen molar-refractivity contribution in [3.05, 3.63) is 88.4 Å². The Morgan fingerprint density at radius 2 is 1.87 bits per heavy atom. The molecule has 3 aromatic carbocycles. The van der Waals surface area contributed by atoms with Gasteiger partial charge in [-0.25, -0.2) is 10.4 Å². The lowest BCUT2D eigenvalue weighted by Crippen LogP contribution is -2.19. The number of carbonyl (C=O) groups is 1. The average molecular weight is 495 g/mol. The topological polar surface area (TPSA) is 79.4 Å². The third kappa shape index (κ3) is 6.19. The highest BCUT2D eigenvalue weighted by Gasteiger charge is 2.06. The van der Waals surface area contributed by atoms with Crippen molar-refractivity contribution < 1.29 is 9.53 Å². The van der Waals surface area contributed by atoms with Crippen LogP contribution in [-0.2, 0) is 11.4 Å². The molecule has 2 N–H and O–H groups in total. The summed E-state index contributed by atoms with van der Waals surface area (Å²) >= 11 is 4.76. The third-order valence-electron chi connectivity index (χ3n) is 4.31. The maximum absolute atomic E-state index is 12.0. The van der Waals surface area contributed by atoms with Crippen LogP contribution >= 0.6 is 27.7 Å². The monoisotopic (exact) mass is 494 g/mol. The van der Waals surface area contributed by atoms with Crippen molar-refractivity contribution in [1.29, 1.82) is 0 Å². The first-order valence-corrected chi connectivity index (χ1v) is 11.3. The number of aromatic nitrogens is 2. The van der Waals surface area contributed by atoms with Crippen molar-refractivity contribution in [2.75, 3.05) is 5.75 Å².